The number of ether oxygens (including phenoxy) is 1. The summed E-state index contributed by atoms with van der Waals surface area (Å²) < 4.78 is 5.50. The van der Waals surface area contributed by atoms with Crippen LogP contribution in [0.1, 0.15) is 39.5 Å². The van der Waals surface area contributed by atoms with Gasteiger partial charge in [0.25, 0.3) is 0 Å². The average Bonchev–Trinajstić information content (AvgIpc) is 2.64. The molecule has 3 N–H and O–H groups in total. The van der Waals surface area contributed by atoms with Crippen molar-refractivity contribution in [1.82, 2.24) is 5.32 Å². The van der Waals surface area contributed by atoms with Crippen LogP contribution in [0, 0.1) is 5.92 Å². The van der Waals surface area contributed by atoms with Crippen molar-refractivity contribution in [2.45, 2.75) is 51.7 Å². The molecule has 0 aromatic rings. The van der Waals surface area contributed by atoms with Gasteiger partial charge in [-0.15, -0.1) is 0 Å². The quantitative estimate of drug-likeness (QED) is 0.632. The van der Waals surface area contributed by atoms with E-state index in [0.717, 1.165) is 26.1 Å². The Morgan fingerprint density at radius 1 is 1.40 bits per heavy atom. The highest BCUT2D eigenvalue weighted by Gasteiger charge is 2.24. The molecule has 0 spiro atoms. The standard InChI is InChI=1S/C12H26N2O/c1-10(2)15-8-4-7-14-12-6-3-5-11(12)9-13/h10-12,14H,3-9,13H2,1-2H3. The smallest absolute Gasteiger partial charge is 0.0518 e. The fraction of sp³-hybridized carbons (Fsp3) is 1.00. The highest BCUT2D eigenvalue weighted by Crippen LogP contribution is 2.24. The molecule has 0 heterocycles. The molecule has 0 saturated heterocycles. The molecule has 3 nitrogen and oxygen atoms in total. The van der Waals surface area contributed by atoms with Crippen molar-refractivity contribution in [3.8, 4) is 0 Å². The van der Waals surface area contributed by atoms with E-state index in [4.69, 9.17) is 10.5 Å². The van der Waals surface area contributed by atoms with E-state index < -0.39 is 0 Å². The van der Waals surface area contributed by atoms with E-state index in [2.05, 4.69) is 19.2 Å². The van der Waals surface area contributed by atoms with Gasteiger partial charge in [-0.3, -0.25) is 0 Å². The molecule has 0 aromatic carbocycles. The summed E-state index contributed by atoms with van der Waals surface area (Å²) in [5.74, 6) is 0.705. The Hall–Kier alpha value is -0.120. The lowest BCUT2D eigenvalue weighted by atomic mass is 10.0. The van der Waals surface area contributed by atoms with E-state index in [9.17, 15) is 0 Å². The highest BCUT2D eigenvalue weighted by atomic mass is 16.5. The van der Waals surface area contributed by atoms with E-state index in [1.807, 2.05) is 0 Å². The molecule has 0 radical (unpaired) electrons. The van der Waals surface area contributed by atoms with Crippen molar-refractivity contribution in [2.24, 2.45) is 11.7 Å². The summed E-state index contributed by atoms with van der Waals surface area (Å²) in [6.45, 7) is 6.92. The highest BCUT2D eigenvalue weighted by molar-refractivity contribution is 4.83. The van der Waals surface area contributed by atoms with E-state index >= 15 is 0 Å². The lowest BCUT2D eigenvalue weighted by Crippen LogP contribution is -2.36. The minimum absolute atomic E-state index is 0.355. The fourth-order valence-electron chi connectivity index (χ4n) is 2.27. The molecule has 0 bridgehead atoms. The first-order chi connectivity index (χ1) is 7.24. The number of nitrogens with two attached hydrogens (primary N) is 1. The van der Waals surface area contributed by atoms with Crippen LogP contribution in [0.3, 0.4) is 0 Å². The molecule has 0 aromatic heterocycles. The third kappa shape index (κ3) is 4.96. The lowest BCUT2D eigenvalue weighted by Gasteiger charge is -2.19. The Labute approximate surface area is 93.8 Å². The van der Waals surface area contributed by atoms with Crippen molar-refractivity contribution in [3.05, 3.63) is 0 Å². The van der Waals surface area contributed by atoms with Crippen LogP contribution in [0.15, 0.2) is 0 Å². The summed E-state index contributed by atoms with van der Waals surface area (Å²) in [4.78, 5) is 0. The molecule has 15 heavy (non-hydrogen) atoms. The van der Waals surface area contributed by atoms with Gasteiger partial charge in [0, 0.05) is 12.6 Å². The van der Waals surface area contributed by atoms with E-state index in [-0.39, 0.29) is 0 Å². The maximum atomic E-state index is 5.73. The van der Waals surface area contributed by atoms with Crippen LogP contribution < -0.4 is 11.1 Å². The van der Waals surface area contributed by atoms with Gasteiger partial charge in [0.1, 0.15) is 0 Å². The van der Waals surface area contributed by atoms with Crippen molar-refractivity contribution in [3.63, 3.8) is 0 Å². The third-order valence-corrected chi connectivity index (χ3v) is 3.14. The lowest BCUT2D eigenvalue weighted by molar-refractivity contribution is 0.0765. The Balaban J connectivity index is 1.99. The minimum atomic E-state index is 0.355. The van der Waals surface area contributed by atoms with E-state index in [1.54, 1.807) is 0 Å². The van der Waals surface area contributed by atoms with Crippen LogP contribution in [-0.4, -0.2) is 31.8 Å². The minimum Gasteiger partial charge on any atom is -0.379 e. The summed E-state index contributed by atoms with van der Waals surface area (Å²) >= 11 is 0. The zero-order chi connectivity index (χ0) is 11.1. The van der Waals surface area contributed by atoms with Gasteiger partial charge >= 0.3 is 0 Å². The molecule has 1 saturated carbocycles. The maximum Gasteiger partial charge on any atom is 0.0518 e. The SMILES string of the molecule is CC(C)OCCCNC1CCCC1CN. The average molecular weight is 214 g/mol. The topological polar surface area (TPSA) is 47.3 Å². The number of rotatable bonds is 7. The maximum absolute atomic E-state index is 5.73. The van der Waals surface area contributed by atoms with Gasteiger partial charge in [-0.1, -0.05) is 6.42 Å². The predicted molar refractivity (Wildman–Crippen MR) is 63.9 cm³/mol. The molecule has 2 unspecified atom stereocenters. The van der Waals surface area contributed by atoms with Crippen LogP contribution in [0.2, 0.25) is 0 Å². The Kier molecular flexibility index (Phi) is 6.22. The second kappa shape index (κ2) is 7.20. The third-order valence-electron chi connectivity index (χ3n) is 3.14. The molecule has 2 atom stereocenters. The molecule has 3 heteroatoms. The molecule has 1 aliphatic carbocycles. The second-order valence-electron chi connectivity index (χ2n) is 4.76. The van der Waals surface area contributed by atoms with E-state index in [1.165, 1.54) is 19.3 Å². The molecule has 1 rings (SSSR count). The fourth-order valence-corrected chi connectivity index (χ4v) is 2.27. The van der Waals surface area contributed by atoms with Crippen molar-refractivity contribution in [1.29, 1.82) is 0 Å². The van der Waals surface area contributed by atoms with Crippen molar-refractivity contribution < 1.29 is 4.74 Å². The van der Waals surface area contributed by atoms with Gasteiger partial charge in [-0.05, 0) is 52.1 Å². The van der Waals surface area contributed by atoms with E-state index in [0.29, 0.717) is 18.1 Å². The first-order valence-electron chi connectivity index (χ1n) is 6.29. The van der Waals surface area contributed by atoms with Gasteiger partial charge in [0.2, 0.25) is 0 Å². The van der Waals surface area contributed by atoms with Gasteiger partial charge in [0.05, 0.1) is 6.10 Å². The molecule has 90 valence electrons. The zero-order valence-corrected chi connectivity index (χ0v) is 10.2. The van der Waals surface area contributed by atoms with Crippen LogP contribution in [-0.2, 0) is 4.74 Å². The number of hydrogen-bond donors (Lipinski definition) is 2. The van der Waals surface area contributed by atoms with Crippen molar-refractivity contribution in [2.75, 3.05) is 19.7 Å². The van der Waals surface area contributed by atoms with Gasteiger partial charge in [0.15, 0.2) is 0 Å². The Morgan fingerprint density at radius 2 is 2.20 bits per heavy atom. The second-order valence-corrected chi connectivity index (χ2v) is 4.76. The summed E-state index contributed by atoms with van der Waals surface area (Å²) in [5, 5.41) is 3.60. The van der Waals surface area contributed by atoms with Gasteiger partial charge < -0.3 is 15.8 Å². The summed E-state index contributed by atoms with van der Waals surface area (Å²) in [7, 11) is 0. The Morgan fingerprint density at radius 3 is 2.87 bits per heavy atom. The van der Waals surface area contributed by atoms with Crippen LogP contribution in [0.4, 0.5) is 0 Å². The summed E-state index contributed by atoms with van der Waals surface area (Å²) in [6.07, 6.45) is 5.39. The predicted octanol–water partition coefficient (Wildman–Crippen LogP) is 1.52. The van der Waals surface area contributed by atoms with Crippen LogP contribution >= 0.6 is 0 Å². The molecule has 1 fully saturated rings. The largest absolute Gasteiger partial charge is 0.379 e. The van der Waals surface area contributed by atoms with Gasteiger partial charge in [-0.2, -0.15) is 0 Å². The first kappa shape index (κ1) is 12.9. The molecule has 0 amide bonds. The molecule has 0 aliphatic heterocycles. The molecular formula is C12H26N2O. The van der Waals surface area contributed by atoms with Crippen molar-refractivity contribution >= 4 is 0 Å². The normalized spacial score (nSPS) is 26.4. The number of hydrogen-bond acceptors (Lipinski definition) is 3. The zero-order valence-electron chi connectivity index (χ0n) is 10.2. The first-order valence-corrected chi connectivity index (χ1v) is 6.29. The van der Waals surface area contributed by atoms with Crippen LogP contribution in [0.25, 0.3) is 0 Å². The van der Waals surface area contributed by atoms with Crippen LogP contribution in [0.5, 0.6) is 0 Å². The summed E-state index contributed by atoms with van der Waals surface area (Å²) in [6, 6.07) is 0.661. The molecule has 1 aliphatic rings. The molecular weight excluding hydrogens is 188 g/mol. The summed E-state index contributed by atoms with van der Waals surface area (Å²) in [5.41, 5.74) is 5.73. The van der Waals surface area contributed by atoms with Gasteiger partial charge in [-0.25, -0.2) is 0 Å². The monoisotopic (exact) mass is 214 g/mol. The number of nitrogens with one attached hydrogen (secondary N) is 1. The Bertz CT molecular complexity index is 162.